The van der Waals surface area contributed by atoms with Crippen molar-refractivity contribution in [3.63, 3.8) is 0 Å². The summed E-state index contributed by atoms with van der Waals surface area (Å²) in [5.41, 5.74) is 0.705. The lowest BCUT2D eigenvalue weighted by atomic mass is 10.1. The molecule has 1 atom stereocenters. The fraction of sp³-hybridized carbons (Fsp3) is 0.250. The first-order valence-electron chi connectivity index (χ1n) is 6.89. The third-order valence-corrected chi connectivity index (χ3v) is 4.06. The van der Waals surface area contributed by atoms with Gasteiger partial charge < -0.3 is 10.4 Å². The van der Waals surface area contributed by atoms with Crippen molar-refractivity contribution in [2.24, 2.45) is 0 Å². The van der Waals surface area contributed by atoms with Gasteiger partial charge in [-0.3, -0.25) is 9.78 Å². The van der Waals surface area contributed by atoms with Gasteiger partial charge >= 0.3 is 0 Å². The first-order valence-corrected chi connectivity index (χ1v) is 7.87. The van der Waals surface area contributed by atoms with Gasteiger partial charge in [0, 0.05) is 36.0 Å². The molecule has 1 aromatic carbocycles. The van der Waals surface area contributed by atoms with Gasteiger partial charge in [-0.25, -0.2) is 4.39 Å². The molecule has 0 fully saturated rings. The highest BCUT2D eigenvalue weighted by molar-refractivity contribution is 7.99. The van der Waals surface area contributed by atoms with Gasteiger partial charge in [-0.15, -0.1) is 11.8 Å². The van der Waals surface area contributed by atoms with E-state index < -0.39 is 6.10 Å². The van der Waals surface area contributed by atoms with E-state index >= 15 is 0 Å². The van der Waals surface area contributed by atoms with Crippen molar-refractivity contribution in [1.82, 2.24) is 10.3 Å². The molecule has 116 valence electrons. The number of amides is 1. The average molecular weight is 320 g/mol. The van der Waals surface area contributed by atoms with Crippen LogP contribution in [-0.4, -0.2) is 28.3 Å². The highest BCUT2D eigenvalue weighted by Crippen LogP contribution is 2.21. The third-order valence-electron chi connectivity index (χ3n) is 3.01. The number of hydrogen-bond donors (Lipinski definition) is 2. The molecule has 0 unspecified atom stereocenters. The number of aliphatic hydroxyl groups excluding tert-OH is 1. The van der Waals surface area contributed by atoms with Gasteiger partial charge in [-0.1, -0.05) is 12.1 Å². The highest BCUT2D eigenvalue weighted by Gasteiger charge is 2.09. The number of hydrogen-bond acceptors (Lipinski definition) is 4. The van der Waals surface area contributed by atoms with E-state index in [-0.39, 0.29) is 24.7 Å². The number of pyridine rings is 1. The Balaban J connectivity index is 1.69. The molecule has 0 aliphatic heterocycles. The summed E-state index contributed by atoms with van der Waals surface area (Å²) in [5, 5.41) is 12.6. The van der Waals surface area contributed by atoms with Gasteiger partial charge in [0.05, 0.1) is 6.10 Å². The van der Waals surface area contributed by atoms with Crippen LogP contribution in [0.3, 0.4) is 0 Å². The Morgan fingerprint density at radius 3 is 2.73 bits per heavy atom. The standard InChI is InChI=1S/C16H17FN2O2S/c17-13-3-1-2-4-15(13)22-10-7-16(21)19-11-14(20)12-5-8-18-9-6-12/h1-6,8-9,14,20H,7,10-11H2,(H,19,21)/t14-/m0/s1. The van der Waals surface area contributed by atoms with E-state index in [4.69, 9.17) is 0 Å². The first-order chi connectivity index (χ1) is 10.7. The van der Waals surface area contributed by atoms with E-state index in [2.05, 4.69) is 10.3 Å². The maximum atomic E-state index is 13.4. The topological polar surface area (TPSA) is 62.2 Å². The predicted molar refractivity (Wildman–Crippen MR) is 83.9 cm³/mol. The summed E-state index contributed by atoms with van der Waals surface area (Å²) in [6.45, 7) is 0.146. The highest BCUT2D eigenvalue weighted by atomic mass is 32.2. The monoisotopic (exact) mass is 320 g/mol. The fourth-order valence-corrected chi connectivity index (χ4v) is 2.71. The summed E-state index contributed by atoms with van der Waals surface area (Å²) in [5.74, 6) is 0.0379. The largest absolute Gasteiger partial charge is 0.387 e. The second kappa shape index (κ2) is 8.51. The lowest BCUT2D eigenvalue weighted by molar-refractivity contribution is -0.121. The molecular formula is C16H17FN2O2S. The van der Waals surface area contributed by atoms with Crippen LogP contribution in [0.15, 0.2) is 53.7 Å². The molecule has 0 saturated carbocycles. The number of carbonyl (C=O) groups is 1. The van der Waals surface area contributed by atoms with Crippen LogP contribution in [0.4, 0.5) is 4.39 Å². The van der Waals surface area contributed by atoms with E-state index in [1.165, 1.54) is 17.8 Å². The molecule has 2 N–H and O–H groups in total. The summed E-state index contributed by atoms with van der Waals surface area (Å²) in [6.07, 6.45) is 2.69. The molecule has 1 aromatic heterocycles. The van der Waals surface area contributed by atoms with Crippen molar-refractivity contribution in [3.8, 4) is 0 Å². The number of aromatic nitrogens is 1. The molecule has 0 bridgehead atoms. The number of aliphatic hydroxyl groups is 1. The second-order valence-electron chi connectivity index (χ2n) is 4.63. The minimum Gasteiger partial charge on any atom is -0.387 e. The summed E-state index contributed by atoms with van der Waals surface area (Å²) >= 11 is 1.30. The smallest absolute Gasteiger partial charge is 0.220 e. The van der Waals surface area contributed by atoms with Crippen LogP contribution in [0.5, 0.6) is 0 Å². The van der Waals surface area contributed by atoms with Gasteiger partial charge in [-0.2, -0.15) is 0 Å². The van der Waals surface area contributed by atoms with E-state index in [1.807, 2.05) is 0 Å². The molecule has 0 aliphatic rings. The van der Waals surface area contributed by atoms with Crippen molar-refractivity contribution < 1.29 is 14.3 Å². The summed E-state index contributed by atoms with van der Waals surface area (Å²) in [7, 11) is 0. The van der Waals surface area contributed by atoms with Gasteiger partial charge in [0.2, 0.25) is 5.91 Å². The van der Waals surface area contributed by atoms with Gasteiger partial charge in [0.15, 0.2) is 0 Å². The molecule has 2 aromatic rings. The van der Waals surface area contributed by atoms with Crippen LogP contribution in [0.2, 0.25) is 0 Å². The van der Waals surface area contributed by atoms with Crippen LogP contribution in [0.1, 0.15) is 18.1 Å². The molecular weight excluding hydrogens is 303 g/mol. The van der Waals surface area contributed by atoms with Crippen LogP contribution >= 0.6 is 11.8 Å². The SMILES string of the molecule is O=C(CCSc1ccccc1F)NC[C@H](O)c1ccncc1. The van der Waals surface area contributed by atoms with Gasteiger partial charge in [0.25, 0.3) is 0 Å². The molecule has 0 aliphatic carbocycles. The zero-order valence-electron chi connectivity index (χ0n) is 11.9. The molecule has 0 saturated heterocycles. The van der Waals surface area contributed by atoms with Crippen LogP contribution in [-0.2, 0) is 4.79 Å². The Labute approximate surface area is 132 Å². The van der Waals surface area contributed by atoms with Crippen molar-refractivity contribution >= 4 is 17.7 Å². The quantitative estimate of drug-likeness (QED) is 0.770. The molecule has 1 heterocycles. The summed E-state index contributed by atoms with van der Waals surface area (Å²) in [6, 6.07) is 9.87. The maximum absolute atomic E-state index is 13.4. The number of nitrogens with one attached hydrogen (secondary N) is 1. The van der Waals surface area contributed by atoms with Crippen LogP contribution in [0.25, 0.3) is 0 Å². The number of carbonyl (C=O) groups excluding carboxylic acids is 1. The molecule has 0 spiro atoms. The van der Waals surface area contributed by atoms with Crippen molar-refractivity contribution in [1.29, 1.82) is 0 Å². The lowest BCUT2D eigenvalue weighted by Gasteiger charge is -2.12. The molecule has 22 heavy (non-hydrogen) atoms. The number of nitrogens with zero attached hydrogens (tertiary/aromatic N) is 1. The number of benzene rings is 1. The molecule has 0 radical (unpaired) electrons. The molecule has 4 nitrogen and oxygen atoms in total. The Hall–Kier alpha value is -1.92. The van der Waals surface area contributed by atoms with Crippen LogP contribution < -0.4 is 5.32 Å². The Morgan fingerprint density at radius 2 is 2.00 bits per heavy atom. The van der Waals surface area contributed by atoms with Crippen molar-refractivity contribution in [2.45, 2.75) is 17.4 Å². The second-order valence-corrected chi connectivity index (χ2v) is 5.77. The molecule has 6 heteroatoms. The fourth-order valence-electron chi connectivity index (χ4n) is 1.82. The zero-order valence-corrected chi connectivity index (χ0v) is 12.7. The van der Waals surface area contributed by atoms with Crippen LogP contribution in [0, 0.1) is 5.82 Å². The average Bonchev–Trinajstić information content (AvgIpc) is 2.55. The minimum atomic E-state index is -0.758. The summed E-state index contributed by atoms with van der Waals surface area (Å²) < 4.78 is 13.4. The number of halogens is 1. The zero-order chi connectivity index (χ0) is 15.8. The minimum absolute atomic E-state index is 0.146. The third kappa shape index (κ3) is 5.13. The predicted octanol–water partition coefficient (Wildman–Crippen LogP) is 2.55. The van der Waals surface area contributed by atoms with E-state index in [1.54, 1.807) is 42.7 Å². The van der Waals surface area contributed by atoms with E-state index in [0.29, 0.717) is 16.2 Å². The van der Waals surface area contributed by atoms with Crippen molar-refractivity contribution in [2.75, 3.05) is 12.3 Å². The number of rotatable bonds is 7. The lowest BCUT2D eigenvalue weighted by Crippen LogP contribution is -2.28. The molecule has 2 rings (SSSR count). The Kier molecular flexibility index (Phi) is 6.36. The van der Waals surface area contributed by atoms with Gasteiger partial charge in [0.1, 0.15) is 5.82 Å². The normalized spacial score (nSPS) is 11.9. The first kappa shape index (κ1) is 16.5. The maximum Gasteiger partial charge on any atom is 0.220 e. The Morgan fingerprint density at radius 1 is 1.27 bits per heavy atom. The van der Waals surface area contributed by atoms with E-state index in [0.717, 1.165) is 0 Å². The molecule has 1 amide bonds. The number of thioether (sulfide) groups is 1. The summed E-state index contributed by atoms with van der Waals surface area (Å²) in [4.78, 5) is 16.1. The van der Waals surface area contributed by atoms with Crippen molar-refractivity contribution in [3.05, 3.63) is 60.2 Å². The van der Waals surface area contributed by atoms with E-state index in [9.17, 15) is 14.3 Å². The Bertz CT molecular complexity index is 610. The van der Waals surface area contributed by atoms with Gasteiger partial charge in [-0.05, 0) is 29.8 Å².